The molecule has 0 radical (unpaired) electrons. The second-order valence-corrected chi connectivity index (χ2v) is 9.36. The van der Waals surface area contributed by atoms with Crippen molar-refractivity contribution in [3.05, 3.63) is 66.4 Å². The van der Waals surface area contributed by atoms with E-state index in [4.69, 9.17) is 0 Å². The predicted molar refractivity (Wildman–Crippen MR) is 135 cm³/mol. The number of piperazine rings is 1. The van der Waals surface area contributed by atoms with Crippen LogP contribution in [0.2, 0.25) is 0 Å². The van der Waals surface area contributed by atoms with Crippen molar-refractivity contribution in [1.29, 1.82) is 0 Å². The fourth-order valence-corrected chi connectivity index (χ4v) is 4.60. The zero-order valence-electron chi connectivity index (χ0n) is 18.5. The summed E-state index contributed by atoms with van der Waals surface area (Å²) in [5, 5.41) is 6.57. The number of halogens is 1. The second kappa shape index (κ2) is 11.3. The van der Waals surface area contributed by atoms with Gasteiger partial charge in [0, 0.05) is 43.8 Å². The molecule has 2 heterocycles. The highest BCUT2D eigenvalue weighted by molar-refractivity contribution is 7.92. The van der Waals surface area contributed by atoms with Crippen LogP contribution in [0.3, 0.4) is 0 Å². The van der Waals surface area contributed by atoms with Gasteiger partial charge in [0.05, 0.1) is 4.90 Å². The molecule has 1 aliphatic heterocycles. The van der Waals surface area contributed by atoms with Crippen LogP contribution in [0.5, 0.6) is 0 Å². The number of hydrogen-bond donors (Lipinski definition) is 3. The van der Waals surface area contributed by atoms with Gasteiger partial charge in [-0.1, -0.05) is 25.5 Å². The molecule has 33 heavy (non-hydrogen) atoms. The van der Waals surface area contributed by atoms with Crippen LogP contribution in [-0.4, -0.2) is 44.6 Å². The predicted octanol–water partition coefficient (Wildman–Crippen LogP) is 3.80. The lowest BCUT2D eigenvalue weighted by atomic mass is 10.1. The molecule has 2 aromatic carbocycles. The Morgan fingerprint density at radius 2 is 1.64 bits per heavy atom. The summed E-state index contributed by atoms with van der Waals surface area (Å²) >= 11 is 0. The number of anilines is 4. The first-order chi connectivity index (χ1) is 15.5. The number of aryl methyl sites for hydroxylation is 1. The highest BCUT2D eigenvalue weighted by atomic mass is 35.5. The van der Waals surface area contributed by atoms with Crippen molar-refractivity contribution in [2.75, 3.05) is 41.1 Å². The monoisotopic (exact) mass is 488 g/mol. The Kier molecular flexibility index (Phi) is 8.49. The van der Waals surface area contributed by atoms with Crippen molar-refractivity contribution in [2.24, 2.45) is 0 Å². The SMILES string of the molecule is CCCc1ccc(S(=O)(=O)Nc2ccc(Nc3ccnc(N4CCNCC4)n3)cc2)cc1.Cl. The zero-order chi connectivity index (χ0) is 22.4. The standard InChI is InChI=1S/C23H28N6O2S.ClH/c1-2-3-18-4-10-21(11-5-18)32(30,31)28-20-8-6-19(7-9-20)26-22-12-13-25-23(27-22)29-16-14-24-15-17-29;/h4-13,24,28H,2-3,14-17H2,1H3,(H,25,26,27);1H. The summed E-state index contributed by atoms with van der Waals surface area (Å²) in [4.78, 5) is 11.4. The molecule has 3 N–H and O–H groups in total. The van der Waals surface area contributed by atoms with Crippen molar-refractivity contribution in [3.63, 3.8) is 0 Å². The van der Waals surface area contributed by atoms with Crippen LogP contribution in [0.25, 0.3) is 0 Å². The summed E-state index contributed by atoms with van der Waals surface area (Å²) in [6.07, 6.45) is 3.70. The van der Waals surface area contributed by atoms with E-state index < -0.39 is 10.0 Å². The first-order valence-corrected chi connectivity index (χ1v) is 12.3. The Labute approximate surface area is 201 Å². The molecule has 10 heteroatoms. The van der Waals surface area contributed by atoms with Crippen LogP contribution in [0.15, 0.2) is 65.7 Å². The summed E-state index contributed by atoms with van der Waals surface area (Å²) < 4.78 is 28.0. The van der Waals surface area contributed by atoms with E-state index in [0.717, 1.165) is 50.3 Å². The molecule has 0 unspecified atom stereocenters. The molecule has 1 saturated heterocycles. The molecule has 1 fully saturated rings. The average molecular weight is 489 g/mol. The number of nitrogens with zero attached hydrogens (tertiary/aromatic N) is 3. The molecular formula is C23H29ClN6O2S. The molecule has 0 amide bonds. The molecule has 0 atom stereocenters. The lowest BCUT2D eigenvalue weighted by molar-refractivity contribution is 0.580. The van der Waals surface area contributed by atoms with Gasteiger partial charge in [-0.3, -0.25) is 4.72 Å². The van der Waals surface area contributed by atoms with E-state index in [2.05, 4.69) is 37.1 Å². The van der Waals surface area contributed by atoms with Crippen LogP contribution in [0.1, 0.15) is 18.9 Å². The Balaban J connectivity index is 0.00000306. The van der Waals surface area contributed by atoms with Crippen LogP contribution in [0.4, 0.5) is 23.1 Å². The number of aromatic nitrogens is 2. The smallest absolute Gasteiger partial charge is 0.261 e. The van der Waals surface area contributed by atoms with E-state index in [-0.39, 0.29) is 17.3 Å². The van der Waals surface area contributed by atoms with Crippen LogP contribution in [-0.2, 0) is 16.4 Å². The van der Waals surface area contributed by atoms with Gasteiger partial charge in [0.1, 0.15) is 5.82 Å². The Hall–Kier alpha value is -2.88. The van der Waals surface area contributed by atoms with Gasteiger partial charge in [0.25, 0.3) is 10.0 Å². The molecule has 0 bridgehead atoms. The summed E-state index contributed by atoms with van der Waals surface area (Å²) in [6, 6.07) is 15.9. The van der Waals surface area contributed by atoms with Gasteiger partial charge in [-0.05, 0) is 54.4 Å². The highest BCUT2D eigenvalue weighted by Crippen LogP contribution is 2.22. The third-order valence-electron chi connectivity index (χ3n) is 5.22. The van der Waals surface area contributed by atoms with E-state index in [1.165, 1.54) is 0 Å². The number of benzene rings is 2. The second-order valence-electron chi connectivity index (χ2n) is 7.68. The van der Waals surface area contributed by atoms with Gasteiger partial charge < -0.3 is 15.5 Å². The molecular weight excluding hydrogens is 460 g/mol. The molecule has 8 nitrogen and oxygen atoms in total. The molecule has 1 aliphatic rings. The summed E-state index contributed by atoms with van der Waals surface area (Å²) in [7, 11) is -3.64. The molecule has 0 saturated carbocycles. The van der Waals surface area contributed by atoms with Crippen molar-refractivity contribution >= 4 is 45.6 Å². The van der Waals surface area contributed by atoms with E-state index in [0.29, 0.717) is 17.5 Å². The minimum atomic E-state index is -3.64. The van der Waals surface area contributed by atoms with E-state index in [1.807, 2.05) is 30.3 Å². The van der Waals surface area contributed by atoms with Gasteiger partial charge in [0.15, 0.2) is 0 Å². The largest absolute Gasteiger partial charge is 0.340 e. The molecule has 4 rings (SSSR count). The van der Waals surface area contributed by atoms with Gasteiger partial charge in [-0.15, -0.1) is 12.4 Å². The average Bonchev–Trinajstić information content (AvgIpc) is 2.82. The van der Waals surface area contributed by atoms with Crippen molar-refractivity contribution in [2.45, 2.75) is 24.7 Å². The van der Waals surface area contributed by atoms with Gasteiger partial charge >= 0.3 is 0 Å². The van der Waals surface area contributed by atoms with Crippen molar-refractivity contribution in [1.82, 2.24) is 15.3 Å². The van der Waals surface area contributed by atoms with Crippen molar-refractivity contribution < 1.29 is 8.42 Å². The quantitative estimate of drug-likeness (QED) is 0.443. The number of sulfonamides is 1. The normalized spacial score (nSPS) is 13.8. The van der Waals surface area contributed by atoms with Crippen LogP contribution < -0.4 is 20.3 Å². The number of hydrogen-bond acceptors (Lipinski definition) is 7. The first-order valence-electron chi connectivity index (χ1n) is 10.8. The minimum absolute atomic E-state index is 0. The number of nitrogens with one attached hydrogen (secondary N) is 3. The highest BCUT2D eigenvalue weighted by Gasteiger charge is 2.15. The Morgan fingerprint density at radius 1 is 0.970 bits per heavy atom. The Morgan fingerprint density at radius 3 is 2.30 bits per heavy atom. The molecule has 1 aromatic heterocycles. The maximum Gasteiger partial charge on any atom is 0.261 e. The fourth-order valence-electron chi connectivity index (χ4n) is 3.54. The van der Waals surface area contributed by atoms with E-state index >= 15 is 0 Å². The Bertz CT molecular complexity index is 1130. The third kappa shape index (κ3) is 6.56. The van der Waals surface area contributed by atoms with Gasteiger partial charge in [0.2, 0.25) is 5.95 Å². The molecule has 176 valence electrons. The maximum atomic E-state index is 12.7. The zero-order valence-corrected chi connectivity index (χ0v) is 20.1. The summed E-state index contributed by atoms with van der Waals surface area (Å²) in [5.74, 6) is 1.39. The topological polar surface area (TPSA) is 99.2 Å². The molecule has 0 spiro atoms. The number of rotatable bonds is 8. The lowest BCUT2D eigenvalue weighted by Gasteiger charge is -2.27. The molecule has 3 aromatic rings. The van der Waals surface area contributed by atoms with Crippen molar-refractivity contribution in [3.8, 4) is 0 Å². The minimum Gasteiger partial charge on any atom is -0.340 e. The fraction of sp³-hybridized carbons (Fsp3) is 0.304. The van der Waals surface area contributed by atoms with Crippen LogP contribution in [0, 0.1) is 0 Å². The molecule has 0 aliphatic carbocycles. The van der Waals surface area contributed by atoms with E-state index in [1.54, 1.807) is 30.5 Å². The lowest BCUT2D eigenvalue weighted by Crippen LogP contribution is -2.44. The summed E-state index contributed by atoms with van der Waals surface area (Å²) in [6.45, 7) is 5.68. The van der Waals surface area contributed by atoms with Crippen LogP contribution >= 0.6 is 12.4 Å². The van der Waals surface area contributed by atoms with Gasteiger partial charge in [-0.2, -0.15) is 4.98 Å². The van der Waals surface area contributed by atoms with Gasteiger partial charge in [-0.25, -0.2) is 13.4 Å². The summed E-state index contributed by atoms with van der Waals surface area (Å²) in [5.41, 5.74) is 2.44. The first kappa shape index (κ1) is 24.8. The third-order valence-corrected chi connectivity index (χ3v) is 6.62. The van der Waals surface area contributed by atoms with E-state index in [9.17, 15) is 8.42 Å². The maximum absolute atomic E-state index is 12.7.